The minimum Gasteiger partial charge on any atom is -0.495 e. The van der Waals surface area contributed by atoms with Crippen LogP contribution in [0.1, 0.15) is 27.3 Å². The molecule has 0 aliphatic rings. The fourth-order valence-electron chi connectivity index (χ4n) is 4.34. The molecule has 0 aliphatic carbocycles. The van der Waals surface area contributed by atoms with Gasteiger partial charge in [0.2, 0.25) is 0 Å². The molecule has 5 aromatic rings. The number of ketones is 1. The van der Waals surface area contributed by atoms with E-state index >= 15 is 4.39 Å². The number of aryl methyl sites for hydroxylation is 2. The lowest BCUT2D eigenvalue weighted by atomic mass is 9.98. The quantitative estimate of drug-likeness (QED) is 0.257. The van der Waals surface area contributed by atoms with Crippen molar-refractivity contribution in [2.45, 2.75) is 20.3 Å². The number of benzene rings is 2. The van der Waals surface area contributed by atoms with Gasteiger partial charge in [0.05, 0.1) is 23.9 Å². The van der Waals surface area contributed by atoms with Gasteiger partial charge in [0.25, 0.3) is 0 Å². The number of ether oxygens (including phenoxy) is 2. The highest BCUT2D eigenvalue weighted by molar-refractivity contribution is 5.98. The largest absolute Gasteiger partial charge is 0.495 e. The number of halogens is 2. The molecule has 1 N–H and O–H groups in total. The van der Waals surface area contributed by atoms with Gasteiger partial charge in [-0.25, -0.2) is 13.8 Å². The Hall–Kier alpha value is -4.92. The highest BCUT2D eigenvalue weighted by Crippen LogP contribution is 2.32. The second-order valence-corrected chi connectivity index (χ2v) is 8.96. The fraction of sp³-hybridized carbons (Fsp3) is 0.133. The van der Waals surface area contributed by atoms with Crippen molar-refractivity contribution in [2.24, 2.45) is 0 Å². The van der Waals surface area contributed by atoms with E-state index in [9.17, 15) is 14.0 Å². The van der Waals surface area contributed by atoms with Crippen LogP contribution in [0.25, 0.3) is 22.2 Å². The van der Waals surface area contributed by atoms with E-state index in [1.807, 2.05) is 0 Å². The number of carbonyl (C=O) groups is 1. The number of methoxy groups -OCH3 is 1. The van der Waals surface area contributed by atoms with Crippen molar-refractivity contribution in [3.8, 4) is 28.4 Å². The minimum absolute atomic E-state index is 0.0549. The molecule has 7 nitrogen and oxygen atoms in total. The summed E-state index contributed by atoms with van der Waals surface area (Å²) in [5.74, 6) is -0.765. The number of aromatic amines is 1. The Labute approximate surface area is 222 Å². The monoisotopic (exact) mass is 527 g/mol. The minimum atomic E-state index is -0.680. The summed E-state index contributed by atoms with van der Waals surface area (Å²) in [6.07, 6.45) is 2.67. The molecule has 0 saturated heterocycles. The molecule has 0 radical (unpaired) electrons. The van der Waals surface area contributed by atoms with Crippen LogP contribution >= 0.6 is 0 Å². The number of fused-ring (bicyclic) bond motifs is 1. The number of Topliss-reactive ketones (excluding diaryl/α,β-unsaturated/α-hetero) is 1. The van der Waals surface area contributed by atoms with E-state index in [1.54, 1.807) is 32.0 Å². The van der Waals surface area contributed by atoms with Gasteiger partial charge >= 0.3 is 0 Å². The molecule has 0 spiro atoms. The highest BCUT2D eigenvalue weighted by Gasteiger charge is 2.19. The van der Waals surface area contributed by atoms with Crippen LogP contribution in [0.4, 0.5) is 8.78 Å². The summed E-state index contributed by atoms with van der Waals surface area (Å²) in [4.78, 5) is 37.9. The molecule has 0 fully saturated rings. The topological polar surface area (TPSA) is 94.2 Å². The Morgan fingerprint density at radius 1 is 0.974 bits per heavy atom. The van der Waals surface area contributed by atoms with Gasteiger partial charge < -0.3 is 14.5 Å². The van der Waals surface area contributed by atoms with E-state index in [-0.39, 0.29) is 23.3 Å². The number of H-pyrrole nitrogens is 1. The molecule has 3 aromatic heterocycles. The summed E-state index contributed by atoms with van der Waals surface area (Å²) in [5.41, 5.74) is 2.74. The SMILES string of the molecule is COc1cc2nccc(Oc3ccc(CC(=O)c4c[nH]c(C)c(-c5ccc(F)cc5)c4=O)cc3F)c2nc1C. The molecule has 196 valence electrons. The normalized spacial score (nSPS) is 11.0. The summed E-state index contributed by atoms with van der Waals surface area (Å²) in [5, 5.41) is 0. The molecule has 0 atom stereocenters. The highest BCUT2D eigenvalue weighted by atomic mass is 19.1. The molecular formula is C30H23F2N3O4. The Kier molecular flexibility index (Phi) is 6.89. The van der Waals surface area contributed by atoms with E-state index < -0.39 is 22.8 Å². The fourth-order valence-corrected chi connectivity index (χ4v) is 4.34. The predicted molar refractivity (Wildman–Crippen MR) is 143 cm³/mol. The van der Waals surface area contributed by atoms with Crippen molar-refractivity contribution in [3.63, 3.8) is 0 Å². The maximum Gasteiger partial charge on any atom is 0.200 e. The van der Waals surface area contributed by atoms with Crippen LogP contribution in [0, 0.1) is 25.5 Å². The van der Waals surface area contributed by atoms with E-state index in [1.165, 1.54) is 55.9 Å². The van der Waals surface area contributed by atoms with E-state index in [0.717, 1.165) is 0 Å². The number of carbonyl (C=O) groups excluding carboxylic acids is 1. The number of nitrogens with one attached hydrogen (secondary N) is 1. The van der Waals surface area contributed by atoms with Gasteiger partial charge in [-0.3, -0.25) is 14.6 Å². The zero-order valence-corrected chi connectivity index (χ0v) is 21.3. The molecule has 0 amide bonds. The summed E-state index contributed by atoms with van der Waals surface area (Å²) in [6, 6.07) is 12.9. The van der Waals surface area contributed by atoms with Crippen LogP contribution in [0.2, 0.25) is 0 Å². The number of rotatable bonds is 7. The van der Waals surface area contributed by atoms with E-state index in [4.69, 9.17) is 9.47 Å². The number of hydrogen-bond donors (Lipinski definition) is 1. The summed E-state index contributed by atoms with van der Waals surface area (Å²) < 4.78 is 39.5. The molecule has 0 saturated carbocycles. The molecule has 0 bridgehead atoms. The Morgan fingerprint density at radius 2 is 1.74 bits per heavy atom. The van der Waals surface area contributed by atoms with Crippen molar-refractivity contribution in [3.05, 3.63) is 111 Å². The summed E-state index contributed by atoms with van der Waals surface area (Å²) >= 11 is 0. The van der Waals surface area contributed by atoms with Crippen LogP contribution in [0.3, 0.4) is 0 Å². The van der Waals surface area contributed by atoms with Crippen molar-refractivity contribution < 1.29 is 23.0 Å². The molecule has 0 aliphatic heterocycles. The molecule has 9 heteroatoms. The first kappa shape index (κ1) is 25.7. The lowest BCUT2D eigenvalue weighted by molar-refractivity contribution is 0.0991. The second kappa shape index (κ2) is 10.4. The van der Waals surface area contributed by atoms with Crippen LogP contribution in [0.5, 0.6) is 17.2 Å². The lowest BCUT2D eigenvalue weighted by Crippen LogP contribution is -2.20. The lowest BCUT2D eigenvalue weighted by Gasteiger charge is -2.12. The van der Waals surface area contributed by atoms with Gasteiger partial charge in [-0.05, 0) is 49.2 Å². The number of aromatic nitrogens is 3. The molecule has 0 unspecified atom stereocenters. The zero-order chi connectivity index (χ0) is 27.7. The maximum absolute atomic E-state index is 15.0. The Balaban J connectivity index is 1.39. The van der Waals surface area contributed by atoms with E-state index in [0.29, 0.717) is 45.0 Å². The first-order valence-electron chi connectivity index (χ1n) is 12.0. The van der Waals surface area contributed by atoms with E-state index in [2.05, 4.69) is 15.0 Å². The van der Waals surface area contributed by atoms with Crippen molar-refractivity contribution in [1.29, 1.82) is 0 Å². The van der Waals surface area contributed by atoms with Gasteiger partial charge in [0.15, 0.2) is 28.5 Å². The van der Waals surface area contributed by atoms with Gasteiger partial charge in [-0.15, -0.1) is 0 Å². The zero-order valence-electron chi connectivity index (χ0n) is 21.3. The van der Waals surface area contributed by atoms with Gasteiger partial charge in [0.1, 0.15) is 17.1 Å². The van der Waals surface area contributed by atoms with Gasteiger partial charge in [-0.2, -0.15) is 0 Å². The van der Waals surface area contributed by atoms with Crippen LogP contribution in [-0.4, -0.2) is 27.8 Å². The molecule has 2 aromatic carbocycles. The van der Waals surface area contributed by atoms with Crippen LogP contribution in [0.15, 0.2) is 71.8 Å². The third-order valence-electron chi connectivity index (χ3n) is 6.33. The molecule has 5 rings (SSSR count). The predicted octanol–water partition coefficient (Wildman–Crippen LogP) is 6.11. The Bertz CT molecular complexity index is 1780. The number of hydrogen-bond acceptors (Lipinski definition) is 6. The molecule has 39 heavy (non-hydrogen) atoms. The van der Waals surface area contributed by atoms with Crippen LogP contribution < -0.4 is 14.9 Å². The average molecular weight is 528 g/mol. The summed E-state index contributed by atoms with van der Waals surface area (Å²) in [6.45, 7) is 3.48. The van der Waals surface area contributed by atoms with Gasteiger partial charge in [-0.1, -0.05) is 18.2 Å². The third kappa shape index (κ3) is 5.11. The van der Waals surface area contributed by atoms with Crippen molar-refractivity contribution in [1.82, 2.24) is 15.0 Å². The van der Waals surface area contributed by atoms with Crippen LogP contribution in [-0.2, 0) is 6.42 Å². The average Bonchev–Trinajstić information content (AvgIpc) is 2.91. The second-order valence-electron chi connectivity index (χ2n) is 8.96. The molecule has 3 heterocycles. The van der Waals surface area contributed by atoms with Crippen molar-refractivity contribution >= 4 is 16.8 Å². The number of pyridine rings is 3. The maximum atomic E-state index is 15.0. The smallest absolute Gasteiger partial charge is 0.200 e. The first-order valence-corrected chi connectivity index (χ1v) is 12.0. The van der Waals surface area contributed by atoms with Crippen molar-refractivity contribution in [2.75, 3.05) is 7.11 Å². The first-order chi connectivity index (χ1) is 18.7. The van der Waals surface area contributed by atoms with Gasteiger partial charge in [0, 0.05) is 42.2 Å². The summed E-state index contributed by atoms with van der Waals surface area (Å²) in [7, 11) is 1.54. The third-order valence-corrected chi connectivity index (χ3v) is 6.33. The standard InChI is InChI=1S/C30H23F2N3O4/c1-16-27(38-3)14-23-29(35-16)26(10-11-33-23)39-25-9-4-18(12-22(25)32)13-24(36)21-15-34-17(2)28(30(21)37)19-5-7-20(31)8-6-19/h4-12,14-15H,13H2,1-3H3,(H,34,37). The number of nitrogens with zero attached hydrogens (tertiary/aromatic N) is 2. The Morgan fingerprint density at radius 3 is 2.46 bits per heavy atom. The molecular weight excluding hydrogens is 504 g/mol.